The second-order valence-electron chi connectivity index (χ2n) is 2.88. The van der Waals surface area contributed by atoms with E-state index in [9.17, 15) is 0 Å². The standard InChI is InChI=1S/C8H13N4/c1-2-10-8-12(5-1)11-6-3-9-4-7-11/h1-2,5H,3-4,6-8H2. The molecule has 4 nitrogen and oxygen atoms in total. The highest BCUT2D eigenvalue weighted by Crippen LogP contribution is 2.03. The Bertz CT molecular complexity index is 193. The average Bonchev–Trinajstić information content (AvgIpc) is 2.21. The summed E-state index contributed by atoms with van der Waals surface area (Å²) in [7, 11) is 0. The summed E-state index contributed by atoms with van der Waals surface area (Å²) in [6, 6.07) is 0. The summed E-state index contributed by atoms with van der Waals surface area (Å²) in [5.74, 6) is 0. The molecule has 2 rings (SSSR count). The molecule has 2 aliphatic heterocycles. The van der Waals surface area contributed by atoms with E-state index >= 15 is 0 Å². The molecule has 0 bridgehead atoms. The maximum absolute atomic E-state index is 4.29. The van der Waals surface area contributed by atoms with Crippen LogP contribution in [0.4, 0.5) is 0 Å². The number of hydrazine groups is 1. The largest absolute Gasteiger partial charge is 0.291 e. The second-order valence-corrected chi connectivity index (χ2v) is 2.88. The van der Waals surface area contributed by atoms with Crippen LogP contribution < -0.4 is 5.32 Å². The fourth-order valence-corrected chi connectivity index (χ4v) is 1.41. The van der Waals surface area contributed by atoms with Crippen molar-refractivity contribution in [1.82, 2.24) is 15.3 Å². The highest BCUT2D eigenvalue weighted by molar-refractivity contribution is 5.71. The van der Waals surface area contributed by atoms with Crippen LogP contribution in [0, 0.1) is 0 Å². The lowest BCUT2D eigenvalue weighted by molar-refractivity contribution is 0.0115. The number of hydrogen-bond acceptors (Lipinski definition) is 3. The van der Waals surface area contributed by atoms with Gasteiger partial charge in [-0.2, -0.15) is 0 Å². The molecule has 1 fully saturated rings. The molecule has 4 heteroatoms. The van der Waals surface area contributed by atoms with E-state index in [0.29, 0.717) is 0 Å². The van der Waals surface area contributed by atoms with Crippen molar-refractivity contribution in [3.8, 4) is 0 Å². The van der Waals surface area contributed by atoms with Crippen molar-refractivity contribution in [2.24, 2.45) is 4.99 Å². The zero-order valence-electron chi connectivity index (χ0n) is 7.06. The summed E-state index contributed by atoms with van der Waals surface area (Å²) >= 11 is 0. The second kappa shape index (κ2) is 3.69. The molecule has 2 aliphatic rings. The first-order valence-electron chi connectivity index (χ1n) is 4.28. The van der Waals surface area contributed by atoms with E-state index in [1.54, 1.807) is 0 Å². The van der Waals surface area contributed by atoms with Crippen LogP contribution in [0.5, 0.6) is 0 Å². The third kappa shape index (κ3) is 1.65. The number of piperazine rings is 1. The minimum atomic E-state index is 0.760. The third-order valence-electron chi connectivity index (χ3n) is 2.07. The Morgan fingerprint density at radius 1 is 1.17 bits per heavy atom. The lowest BCUT2D eigenvalue weighted by Gasteiger charge is -2.36. The molecule has 0 spiro atoms. The molecule has 0 aromatic rings. The van der Waals surface area contributed by atoms with Gasteiger partial charge in [0.15, 0.2) is 0 Å². The summed E-state index contributed by atoms with van der Waals surface area (Å²) in [6.45, 7) is 4.72. The first kappa shape index (κ1) is 7.76. The number of allylic oxidation sites excluding steroid dienone is 1. The van der Waals surface area contributed by atoms with Crippen molar-refractivity contribution in [2.45, 2.75) is 0 Å². The van der Waals surface area contributed by atoms with Gasteiger partial charge in [-0.1, -0.05) is 0 Å². The lowest BCUT2D eigenvalue weighted by Crippen LogP contribution is -2.48. The fraction of sp³-hybridized carbons (Fsp3) is 0.625. The van der Waals surface area contributed by atoms with E-state index in [0.717, 1.165) is 32.8 Å². The minimum absolute atomic E-state index is 0.760. The molecular formula is C8H13N4. The Balaban J connectivity index is 1.90. The summed E-state index contributed by atoms with van der Waals surface area (Å²) < 4.78 is 0. The normalized spacial score (nSPS) is 24.8. The molecule has 0 aromatic heterocycles. The maximum Gasteiger partial charge on any atom is 0.124 e. The molecule has 0 atom stereocenters. The van der Waals surface area contributed by atoms with Crippen LogP contribution >= 0.6 is 0 Å². The van der Waals surface area contributed by atoms with Gasteiger partial charge in [-0.25, -0.2) is 10.3 Å². The molecule has 1 radical (unpaired) electrons. The van der Waals surface area contributed by atoms with Gasteiger partial charge >= 0.3 is 0 Å². The average molecular weight is 165 g/mol. The molecule has 0 N–H and O–H groups in total. The molecule has 1 saturated heterocycles. The smallest absolute Gasteiger partial charge is 0.124 e. The van der Waals surface area contributed by atoms with Gasteiger partial charge in [0.05, 0.1) is 0 Å². The molecule has 2 heterocycles. The van der Waals surface area contributed by atoms with Crippen LogP contribution in [0.15, 0.2) is 17.3 Å². The number of nitrogens with zero attached hydrogens (tertiary/aromatic N) is 4. The molecule has 0 unspecified atom stereocenters. The van der Waals surface area contributed by atoms with Crippen molar-refractivity contribution < 1.29 is 0 Å². The van der Waals surface area contributed by atoms with Gasteiger partial charge in [-0.15, -0.1) is 0 Å². The Hall–Kier alpha value is -0.870. The Labute approximate surface area is 72.5 Å². The van der Waals surface area contributed by atoms with Crippen molar-refractivity contribution in [3.05, 3.63) is 12.3 Å². The monoisotopic (exact) mass is 165 g/mol. The summed E-state index contributed by atoms with van der Waals surface area (Å²) in [5.41, 5.74) is 0. The first-order valence-corrected chi connectivity index (χ1v) is 4.28. The van der Waals surface area contributed by atoms with Gasteiger partial charge in [-0.3, -0.25) is 10.0 Å². The van der Waals surface area contributed by atoms with Crippen LogP contribution in [0.25, 0.3) is 0 Å². The molecule has 0 aromatic carbocycles. The topological polar surface area (TPSA) is 32.9 Å². The summed E-state index contributed by atoms with van der Waals surface area (Å²) in [5, 5.41) is 8.73. The van der Waals surface area contributed by atoms with Gasteiger partial charge in [0.1, 0.15) is 6.67 Å². The quantitative estimate of drug-likeness (QED) is 0.533. The Kier molecular flexibility index (Phi) is 2.39. The summed E-state index contributed by atoms with van der Waals surface area (Å²) in [6.07, 6.45) is 5.87. The van der Waals surface area contributed by atoms with Crippen LogP contribution in [-0.2, 0) is 0 Å². The minimum Gasteiger partial charge on any atom is -0.291 e. The maximum atomic E-state index is 4.29. The number of hydrogen-bond donors (Lipinski definition) is 0. The third-order valence-corrected chi connectivity index (χ3v) is 2.07. The van der Waals surface area contributed by atoms with Gasteiger partial charge in [0.2, 0.25) is 0 Å². The van der Waals surface area contributed by atoms with E-state index in [1.165, 1.54) is 0 Å². The highest BCUT2D eigenvalue weighted by atomic mass is 15.6. The predicted octanol–water partition coefficient (Wildman–Crippen LogP) is -0.321. The van der Waals surface area contributed by atoms with E-state index in [1.807, 2.05) is 12.3 Å². The first-order chi connectivity index (χ1) is 5.97. The molecular weight excluding hydrogens is 152 g/mol. The number of aliphatic imine (C=N–C) groups is 1. The molecule has 12 heavy (non-hydrogen) atoms. The highest BCUT2D eigenvalue weighted by Gasteiger charge is 2.15. The molecule has 65 valence electrons. The molecule has 0 aliphatic carbocycles. The van der Waals surface area contributed by atoms with Gasteiger partial charge in [-0.05, 0) is 6.08 Å². The van der Waals surface area contributed by atoms with Gasteiger partial charge < -0.3 is 0 Å². The van der Waals surface area contributed by atoms with E-state index < -0.39 is 0 Å². The van der Waals surface area contributed by atoms with Crippen LogP contribution in [0.1, 0.15) is 0 Å². The van der Waals surface area contributed by atoms with E-state index in [4.69, 9.17) is 0 Å². The predicted molar refractivity (Wildman–Crippen MR) is 47.8 cm³/mol. The van der Waals surface area contributed by atoms with Crippen molar-refractivity contribution >= 4 is 6.21 Å². The van der Waals surface area contributed by atoms with Gasteiger partial charge in [0.25, 0.3) is 0 Å². The Morgan fingerprint density at radius 3 is 2.67 bits per heavy atom. The molecule has 0 amide bonds. The number of rotatable bonds is 1. The fourth-order valence-electron chi connectivity index (χ4n) is 1.41. The van der Waals surface area contributed by atoms with Crippen LogP contribution in [0.3, 0.4) is 0 Å². The van der Waals surface area contributed by atoms with Crippen molar-refractivity contribution in [1.29, 1.82) is 0 Å². The zero-order chi connectivity index (χ0) is 8.23. The van der Waals surface area contributed by atoms with Crippen LogP contribution in [-0.4, -0.2) is 49.1 Å². The SMILES string of the molecule is C1=CN(N2CC[N]CC2)CN=C1. The lowest BCUT2D eigenvalue weighted by atomic mass is 10.4. The van der Waals surface area contributed by atoms with E-state index in [-0.39, 0.29) is 0 Å². The van der Waals surface area contributed by atoms with Crippen molar-refractivity contribution in [3.63, 3.8) is 0 Å². The summed E-state index contributed by atoms with van der Waals surface area (Å²) in [4.78, 5) is 4.18. The van der Waals surface area contributed by atoms with Crippen molar-refractivity contribution in [2.75, 3.05) is 32.8 Å². The van der Waals surface area contributed by atoms with E-state index in [2.05, 4.69) is 26.5 Å². The van der Waals surface area contributed by atoms with Crippen LogP contribution in [0.2, 0.25) is 0 Å². The molecule has 0 saturated carbocycles. The van der Waals surface area contributed by atoms with Gasteiger partial charge in [0, 0.05) is 38.6 Å². The zero-order valence-corrected chi connectivity index (χ0v) is 7.06. The Morgan fingerprint density at radius 2 is 2.00 bits per heavy atom.